The summed E-state index contributed by atoms with van der Waals surface area (Å²) in [6.07, 6.45) is 0. The van der Waals surface area contributed by atoms with Crippen molar-refractivity contribution in [2.24, 2.45) is 0 Å². The minimum Gasteiger partial charge on any atom is -0.350 e. The van der Waals surface area contributed by atoms with Crippen molar-refractivity contribution in [1.29, 1.82) is 0 Å². The van der Waals surface area contributed by atoms with Crippen molar-refractivity contribution in [3.05, 3.63) is 116 Å². The van der Waals surface area contributed by atoms with Gasteiger partial charge in [-0.1, -0.05) is 72.3 Å². The second kappa shape index (κ2) is 8.82. The Hall–Kier alpha value is -4.46. The molecule has 170 valence electrons. The van der Waals surface area contributed by atoms with Crippen molar-refractivity contribution in [1.82, 2.24) is 24.1 Å². The number of hydrogen-bond donors (Lipinski definition) is 1. The Balaban J connectivity index is 1.53. The first-order valence-electron chi connectivity index (χ1n) is 11.0. The summed E-state index contributed by atoms with van der Waals surface area (Å²) in [5.74, 6) is -0.142. The Morgan fingerprint density at radius 2 is 1.59 bits per heavy atom. The van der Waals surface area contributed by atoms with Crippen molar-refractivity contribution in [2.75, 3.05) is 0 Å². The number of fused-ring (bicyclic) bond motifs is 3. The predicted octanol–water partition coefficient (Wildman–Crippen LogP) is 2.48. The van der Waals surface area contributed by atoms with Gasteiger partial charge in [-0.3, -0.25) is 14.2 Å². The van der Waals surface area contributed by atoms with Gasteiger partial charge in [0.15, 0.2) is 0 Å². The van der Waals surface area contributed by atoms with Crippen molar-refractivity contribution in [3.8, 4) is 0 Å². The van der Waals surface area contributed by atoms with E-state index in [9.17, 15) is 14.4 Å². The Bertz CT molecular complexity index is 1610. The number of carbonyl (C=O) groups excluding carboxylic acids is 1. The molecule has 1 amide bonds. The van der Waals surface area contributed by atoms with E-state index in [-0.39, 0.29) is 30.3 Å². The van der Waals surface area contributed by atoms with Gasteiger partial charge in [0.2, 0.25) is 11.7 Å². The third kappa shape index (κ3) is 4.01. The molecule has 2 heterocycles. The first-order valence-corrected chi connectivity index (χ1v) is 11.0. The molecule has 0 unspecified atom stereocenters. The molecule has 2 aromatic heterocycles. The lowest BCUT2D eigenvalue weighted by Crippen LogP contribution is -2.32. The SMILES string of the molecule is Cc1ccc(CNC(=O)Cn2nc3n(Cc4ccccc4)c(=O)c4ccccc4n3c2=O)cc1. The maximum Gasteiger partial charge on any atom is 0.352 e. The number of aryl methyl sites for hydroxylation is 1. The maximum atomic E-state index is 13.3. The van der Waals surface area contributed by atoms with E-state index in [0.717, 1.165) is 21.4 Å². The number of aromatic nitrogens is 4. The average Bonchev–Trinajstić information content (AvgIpc) is 3.17. The quantitative estimate of drug-likeness (QED) is 0.428. The molecule has 0 aliphatic heterocycles. The highest BCUT2D eigenvalue weighted by Gasteiger charge is 2.18. The standard InChI is InChI=1S/C26H23N5O3/c1-18-11-13-19(14-12-18)15-27-23(32)17-30-26(34)31-22-10-6-5-9-21(22)24(33)29(25(31)28-30)16-20-7-3-2-4-8-20/h2-14H,15-17H2,1H3,(H,27,32). The summed E-state index contributed by atoms with van der Waals surface area (Å²) in [6.45, 7) is 2.35. The molecule has 5 rings (SSSR count). The van der Waals surface area contributed by atoms with Crippen LogP contribution in [-0.2, 0) is 24.4 Å². The third-order valence-electron chi connectivity index (χ3n) is 5.77. The second-order valence-corrected chi connectivity index (χ2v) is 8.23. The maximum absolute atomic E-state index is 13.3. The lowest BCUT2D eigenvalue weighted by molar-refractivity contribution is -0.122. The summed E-state index contributed by atoms with van der Waals surface area (Å²) in [5, 5.41) is 7.63. The van der Waals surface area contributed by atoms with Gasteiger partial charge < -0.3 is 5.32 Å². The number of benzene rings is 3. The first kappa shape index (κ1) is 21.4. The van der Waals surface area contributed by atoms with Gasteiger partial charge in [0.1, 0.15) is 6.54 Å². The van der Waals surface area contributed by atoms with E-state index in [4.69, 9.17) is 0 Å². The van der Waals surface area contributed by atoms with Crippen LogP contribution in [0.2, 0.25) is 0 Å². The van der Waals surface area contributed by atoms with E-state index in [1.165, 1.54) is 8.97 Å². The molecule has 34 heavy (non-hydrogen) atoms. The van der Waals surface area contributed by atoms with Gasteiger partial charge in [-0.05, 0) is 30.2 Å². The molecule has 8 nitrogen and oxygen atoms in total. The summed E-state index contributed by atoms with van der Waals surface area (Å²) in [6, 6.07) is 24.3. The van der Waals surface area contributed by atoms with Crippen LogP contribution in [0.4, 0.5) is 0 Å². The van der Waals surface area contributed by atoms with E-state index in [0.29, 0.717) is 17.4 Å². The molecule has 0 bridgehead atoms. The normalized spacial score (nSPS) is 11.2. The molecule has 0 atom stereocenters. The number of nitrogens with one attached hydrogen (secondary N) is 1. The monoisotopic (exact) mass is 453 g/mol. The van der Waals surface area contributed by atoms with Gasteiger partial charge in [-0.15, -0.1) is 5.10 Å². The minimum atomic E-state index is -0.474. The van der Waals surface area contributed by atoms with E-state index >= 15 is 0 Å². The summed E-state index contributed by atoms with van der Waals surface area (Å²) in [7, 11) is 0. The van der Waals surface area contributed by atoms with Crippen molar-refractivity contribution in [3.63, 3.8) is 0 Å². The molecule has 0 saturated heterocycles. The Morgan fingerprint density at radius 3 is 2.35 bits per heavy atom. The van der Waals surface area contributed by atoms with Crippen LogP contribution in [0.15, 0.2) is 88.5 Å². The number of para-hydroxylation sites is 1. The summed E-state index contributed by atoms with van der Waals surface area (Å²) >= 11 is 0. The largest absolute Gasteiger partial charge is 0.352 e. The van der Waals surface area contributed by atoms with Crippen LogP contribution in [0, 0.1) is 6.92 Å². The predicted molar refractivity (Wildman–Crippen MR) is 130 cm³/mol. The number of amides is 1. The Morgan fingerprint density at radius 1 is 0.882 bits per heavy atom. The fourth-order valence-electron chi connectivity index (χ4n) is 3.98. The number of nitrogens with zero attached hydrogens (tertiary/aromatic N) is 4. The smallest absolute Gasteiger partial charge is 0.350 e. The fraction of sp³-hybridized carbons (Fsp3) is 0.154. The molecule has 8 heteroatoms. The van der Waals surface area contributed by atoms with E-state index in [2.05, 4.69) is 10.4 Å². The van der Waals surface area contributed by atoms with E-state index < -0.39 is 5.69 Å². The molecule has 0 radical (unpaired) electrons. The van der Waals surface area contributed by atoms with Crippen molar-refractivity contribution in [2.45, 2.75) is 26.6 Å². The van der Waals surface area contributed by atoms with Crippen LogP contribution in [0.1, 0.15) is 16.7 Å². The molecule has 0 aliphatic rings. The van der Waals surface area contributed by atoms with Gasteiger partial charge in [0.05, 0.1) is 17.4 Å². The van der Waals surface area contributed by atoms with E-state index in [1.807, 2.05) is 61.5 Å². The molecule has 0 aliphatic carbocycles. The zero-order chi connectivity index (χ0) is 23.7. The first-order chi connectivity index (χ1) is 16.5. The number of rotatable bonds is 6. The molecular weight excluding hydrogens is 430 g/mol. The molecule has 5 aromatic rings. The lowest BCUT2D eigenvalue weighted by atomic mass is 10.1. The topological polar surface area (TPSA) is 90.4 Å². The minimum absolute atomic E-state index is 0.198. The third-order valence-corrected chi connectivity index (χ3v) is 5.77. The molecule has 0 spiro atoms. The molecule has 1 N–H and O–H groups in total. The highest BCUT2D eigenvalue weighted by Crippen LogP contribution is 2.12. The Labute approximate surface area is 194 Å². The number of hydrogen-bond acceptors (Lipinski definition) is 4. The van der Waals surface area contributed by atoms with Crippen LogP contribution < -0.4 is 16.6 Å². The highest BCUT2D eigenvalue weighted by atomic mass is 16.2. The second-order valence-electron chi connectivity index (χ2n) is 8.23. The van der Waals surface area contributed by atoms with Crippen LogP contribution in [0.25, 0.3) is 16.7 Å². The fourth-order valence-corrected chi connectivity index (χ4v) is 3.98. The van der Waals surface area contributed by atoms with E-state index in [1.54, 1.807) is 24.3 Å². The van der Waals surface area contributed by atoms with Crippen LogP contribution in [0.5, 0.6) is 0 Å². The summed E-state index contributed by atoms with van der Waals surface area (Å²) < 4.78 is 3.97. The van der Waals surface area contributed by atoms with Gasteiger partial charge in [-0.25, -0.2) is 13.9 Å². The van der Waals surface area contributed by atoms with Crippen LogP contribution in [0.3, 0.4) is 0 Å². The summed E-state index contributed by atoms with van der Waals surface area (Å²) in [5.41, 5.74) is 2.75. The number of carbonyl (C=O) groups is 1. The summed E-state index contributed by atoms with van der Waals surface area (Å²) in [4.78, 5) is 39.2. The zero-order valence-corrected chi connectivity index (χ0v) is 18.6. The highest BCUT2D eigenvalue weighted by molar-refractivity contribution is 5.80. The molecule has 3 aromatic carbocycles. The van der Waals surface area contributed by atoms with Gasteiger partial charge in [0.25, 0.3) is 5.56 Å². The van der Waals surface area contributed by atoms with Gasteiger partial charge in [0, 0.05) is 6.54 Å². The zero-order valence-electron chi connectivity index (χ0n) is 18.6. The lowest BCUT2D eigenvalue weighted by Gasteiger charge is -2.09. The average molecular weight is 454 g/mol. The Kier molecular flexibility index (Phi) is 5.55. The molecule has 0 fully saturated rings. The van der Waals surface area contributed by atoms with Crippen molar-refractivity contribution < 1.29 is 4.79 Å². The van der Waals surface area contributed by atoms with Crippen LogP contribution in [-0.4, -0.2) is 24.7 Å². The molecular formula is C26H23N5O3. The van der Waals surface area contributed by atoms with Crippen LogP contribution >= 0.6 is 0 Å². The van der Waals surface area contributed by atoms with Gasteiger partial charge in [-0.2, -0.15) is 0 Å². The van der Waals surface area contributed by atoms with Crippen molar-refractivity contribution >= 4 is 22.6 Å². The molecule has 0 saturated carbocycles. The van der Waals surface area contributed by atoms with Gasteiger partial charge >= 0.3 is 5.69 Å².